The molecule has 1 aromatic heterocycles. The third-order valence-corrected chi connectivity index (χ3v) is 2.97. The number of nitrogens with zero attached hydrogens (tertiary/aromatic N) is 3. The summed E-state index contributed by atoms with van der Waals surface area (Å²) in [5, 5.41) is 12.3. The lowest BCUT2D eigenvalue weighted by Crippen LogP contribution is -2.05. The third kappa shape index (κ3) is 2.66. The zero-order valence-corrected chi connectivity index (χ0v) is 10.9. The van der Waals surface area contributed by atoms with Crippen LogP contribution in [0.15, 0.2) is 35.2 Å². The molecule has 2 aromatic rings. The summed E-state index contributed by atoms with van der Waals surface area (Å²) in [5.74, 6) is 0. The van der Waals surface area contributed by atoms with Crippen LogP contribution in [0.1, 0.15) is 11.3 Å². The zero-order valence-electron chi connectivity index (χ0n) is 9.31. The van der Waals surface area contributed by atoms with E-state index in [9.17, 15) is 0 Å². The van der Waals surface area contributed by atoms with Gasteiger partial charge >= 0.3 is 0 Å². The van der Waals surface area contributed by atoms with Crippen molar-refractivity contribution in [3.63, 3.8) is 0 Å². The first-order valence-corrected chi connectivity index (χ1v) is 5.88. The van der Waals surface area contributed by atoms with Crippen molar-refractivity contribution in [2.75, 3.05) is 5.32 Å². The van der Waals surface area contributed by atoms with Crippen molar-refractivity contribution in [2.45, 2.75) is 6.54 Å². The average molecular weight is 291 g/mol. The molecule has 0 atom stereocenters. The molecule has 1 N–H and O–H groups in total. The Bertz CT molecular complexity index is 568. The first-order valence-electron chi connectivity index (χ1n) is 5.09. The minimum Gasteiger partial charge on any atom is -0.378 e. The maximum Gasteiger partial charge on any atom is 0.101 e. The molecule has 0 amide bonds. The zero-order chi connectivity index (χ0) is 12.3. The second kappa shape index (κ2) is 5.02. The molecule has 0 aliphatic rings. The van der Waals surface area contributed by atoms with Crippen LogP contribution in [0.25, 0.3) is 0 Å². The number of hydrogen-bond donors (Lipinski definition) is 1. The van der Waals surface area contributed by atoms with Crippen molar-refractivity contribution < 1.29 is 0 Å². The maximum atomic E-state index is 9.03. The smallest absolute Gasteiger partial charge is 0.101 e. The molecule has 0 fully saturated rings. The predicted octanol–water partition coefficient (Wildman–Crippen LogP) is 2.67. The SMILES string of the molecule is Cn1cncc1CNc1ccc(Br)cc1C#N. The molecule has 1 aromatic carbocycles. The summed E-state index contributed by atoms with van der Waals surface area (Å²) in [6.45, 7) is 0.646. The normalized spacial score (nSPS) is 9.94. The van der Waals surface area contributed by atoms with Gasteiger partial charge in [-0.2, -0.15) is 5.26 Å². The van der Waals surface area contributed by atoms with Crippen LogP contribution in [-0.2, 0) is 13.6 Å². The average Bonchev–Trinajstić information content (AvgIpc) is 2.73. The number of aryl methyl sites for hydroxylation is 1. The molecule has 0 saturated carbocycles. The van der Waals surface area contributed by atoms with Gasteiger partial charge in [0.15, 0.2) is 0 Å². The maximum absolute atomic E-state index is 9.03. The van der Waals surface area contributed by atoms with Crippen LogP contribution in [0.4, 0.5) is 5.69 Å². The fourth-order valence-electron chi connectivity index (χ4n) is 1.50. The Kier molecular flexibility index (Phi) is 3.45. The first kappa shape index (κ1) is 11.7. The largest absolute Gasteiger partial charge is 0.378 e. The minimum absolute atomic E-state index is 0.626. The van der Waals surface area contributed by atoms with Gasteiger partial charge in [0.2, 0.25) is 0 Å². The van der Waals surface area contributed by atoms with E-state index in [-0.39, 0.29) is 0 Å². The molecule has 17 heavy (non-hydrogen) atoms. The van der Waals surface area contributed by atoms with Gasteiger partial charge in [-0.1, -0.05) is 15.9 Å². The van der Waals surface area contributed by atoms with Gasteiger partial charge in [0, 0.05) is 17.7 Å². The molecule has 0 bridgehead atoms. The van der Waals surface area contributed by atoms with E-state index in [0.29, 0.717) is 12.1 Å². The summed E-state index contributed by atoms with van der Waals surface area (Å²) < 4.78 is 2.85. The lowest BCUT2D eigenvalue weighted by molar-refractivity contribution is 0.837. The highest BCUT2D eigenvalue weighted by molar-refractivity contribution is 9.10. The number of imidazole rings is 1. The molecule has 0 aliphatic carbocycles. The van der Waals surface area contributed by atoms with Crippen LogP contribution < -0.4 is 5.32 Å². The van der Waals surface area contributed by atoms with Crippen LogP contribution in [0.2, 0.25) is 0 Å². The van der Waals surface area contributed by atoms with E-state index in [1.165, 1.54) is 0 Å². The fraction of sp³-hybridized carbons (Fsp3) is 0.167. The van der Waals surface area contributed by atoms with Crippen LogP contribution in [0.5, 0.6) is 0 Å². The van der Waals surface area contributed by atoms with Gasteiger partial charge in [-0.05, 0) is 18.2 Å². The van der Waals surface area contributed by atoms with Crippen LogP contribution in [0, 0.1) is 11.3 Å². The monoisotopic (exact) mass is 290 g/mol. The molecule has 0 spiro atoms. The van der Waals surface area contributed by atoms with Crippen molar-refractivity contribution in [3.8, 4) is 6.07 Å². The highest BCUT2D eigenvalue weighted by Gasteiger charge is 2.03. The molecular weight excluding hydrogens is 280 g/mol. The lowest BCUT2D eigenvalue weighted by atomic mass is 10.2. The Morgan fingerprint density at radius 1 is 1.53 bits per heavy atom. The second-order valence-electron chi connectivity index (χ2n) is 3.65. The lowest BCUT2D eigenvalue weighted by Gasteiger charge is -2.08. The van der Waals surface area contributed by atoms with E-state index >= 15 is 0 Å². The number of halogens is 1. The van der Waals surface area contributed by atoms with Gasteiger partial charge in [0.25, 0.3) is 0 Å². The fourth-order valence-corrected chi connectivity index (χ4v) is 1.86. The number of benzene rings is 1. The minimum atomic E-state index is 0.626. The Morgan fingerprint density at radius 2 is 2.35 bits per heavy atom. The number of nitrogens with one attached hydrogen (secondary N) is 1. The van der Waals surface area contributed by atoms with Crippen molar-refractivity contribution in [3.05, 3.63) is 46.5 Å². The van der Waals surface area contributed by atoms with Crippen molar-refractivity contribution >= 4 is 21.6 Å². The summed E-state index contributed by atoms with van der Waals surface area (Å²) in [7, 11) is 1.94. The Balaban J connectivity index is 2.15. The molecule has 86 valence electrons. The summed E-state index contributed by atoms with van der Waals surface area (Å²) in [4.78, 5) is 4.04. The topological polar surface area (TPSA) is 53.6 Å². The Morgan fingerprint density at radius 3 is 3.00 bits per heavy atom. The standard InChI is InChI=1S/C12H11BrN4/c1-17-8-15-6-11(17)7-16-12-3-2-10(13)4-9(12)5-14/h2-4,6,8,16H,7H2,1H3. The molecule has 0 unspecified atom stereocenters. The van der Waals surface area contributed by atoms with Gasteiger partial charge in [-0.15, -0.1) is 0 Å². The Labute approximate surface area is 108 Å². The van der Waals surface area contributed by atoms with Gasteiger partial charge in [0.05, 0.1) is 29.8 Å². The van der Waals surface area contributed by atoms with Crippen molar-refractivity contribution in [1.82, 2.24) is 9.55 Å². The quantitative estimate of drug-likeness (QED) is 0.946. The van der Waals surface area contributed by atoms with Crippen LogP contribution in [-0.4, -0.2) is 9.55 Å². The number of aromatic nitrogens is 2. The third-order valence-electron chi connectivity index (χ3n) is 2.48. The molecular formula is C12H11BrN4. The highest BCUT2D eigenvalue weighted by atomic mass is 79.9. The molecule has 4 nitrogen and oxygen atoms in total. The van der Waals surface area contributed by atoms with E-state index in [1.807, 2.05) is 23.7 Å². The van der Waals surface area contributed by atoms with E-state index in [1.54, 1.807) is 18.6 Å². The molecule has 5 heteroatoms. The highest BCUT2D eigenvalue weighted by Crippen LogP contribution is 2.20. The van der Waals surface area contributed by atoms with Crippen molar-refractivity contribution in [2.24, 2.45) is 7.05 Å². The second-order valence-corrected chi connectivity index (χ2v) is 4.57. The van der Waals surface area contributed by atoms with E-state index in [2.05, 4.69) is 32.3 Å². The molecule has 0 saturated heterocycles. The first-order chi connectivity index (χ1) is 8.20. The van der Waals surface area contributed by atoms with Gasteiger partial charge < -0.3 is 9.88 Å². The number of nitriles is 1. The summed E-state index contributed by atoms with van der Waals surface area (Å²) in [6, 6.07) is 7.76. The predicted molar refractivity (Wildman–Crippen MR) is 69.4 cm³/mol. The van der Waals surface area contributed by atoms with Crippen LogP contribution >= 0.6 is 15.9 Å². The number of hydrogen-bond acceptors (Lipinski definition) is 3. The number of rotatable bonds is 3. The van der Waals surface area contributed by atoms with E-state index in [4.69, 9.17) is 5.26 Å². The van der Waals surface area contributed by atoms with E-state index in [0.717, 1.165) is 15.9 Å². The summed E-state index contributed by atoms with van der Waals surface area (Å²) in [5.41, 5.74) is 2.52. The van der Waals surface area contributed by atoms with Crippen LogP contribution in [0.3, 0.4) is 0 Å². The molecule has 0 radical (unpaired) electrons. The number of anilines is 1. The van der Waals surface area contributed by atoms with Crippen molar-refractivity contribution in [1.29, 1.82) is 5.26 Å². The van der Waals surface area contributed by atoms with Gasteiger partial charge in [-0.3, -0.25) is 0 Å². The summed E-state index contributed by atoms with van der Waals surface area (Å²) >= 11 is 3.35. The molecule has 1 heterocycles. The molecule has 2 rings (SSSR count). The Hall–Kier alpha value is -1.80. The van der Waals surface area contributed by atoms with Gasteiger partial charge in [0.1, 0.15) is 6.07 Å². The van der Waals surface area contributed by atoms with Gasteiger partial charge in [-0.25, -0.2) is 4.98 Å². The molecule has 0 aliphatic heterocycles. The van der Waals surface area contributed by atoms with E-state index < -0.39 is 0 Å². The summed E-state index contributed by atoms with van der Waals surface area (Å²) in [6.07, 6.45) is 3.56.